The first kappa shape index (κ1) is 12.6. The van der Waals surface area contributed by atoms with E-state index in [2.05, 4.69) is 24.9 Å². The number of hydrogen-bond donors (Lipinski definition) is 0. The molecule has 0 atom stereocenters. The highest BCUT2D eigenvalue weighted by Gasteiger charge is 2.12. The summed E-state index contributed by atoms with van der Waals surface area (Å²) >= 11 is 0. The van der Waals surface area contributed by atoms with Crippen LogP contribution in [0.25, 0.3) is 22.3 Å². The summed E-state index contributed by atoms with van der Waals surface area (Å²) in [5.41, 5.74) is 4.34. The lowest BCUT2D eigenvalue weighted by molar-refractivity contribution is 0.403. The molecule has 0 aliphatic carbocycles. The Bertz CT molecular complexity index is 767. The molecule has 3 heteroatoms. The summed E-state index contributed by atoms with van der Waals surface area (Å²) in [6.07, 6.45) is 0. The molecule has 3 rings (SSSR count). The number of nitrogens with zero attached hydrogens (tertiary/aromatic N) is 2. The maximum Gasteiger partial charge on any atom is 0.224 e. The second-order valence-corrected chi connectivity index (χ2v) is 4.83. The van der Waals surface area contributed by atoms with E-state index in [0.717, 1.165) is 16.5 Å². The second-order valence-electron chi connectivity index (χ2n) is 4.83. The van der Waals surface area contributed by atoms with Crippen LogP contribution in [-0.2, 0) is 0 Å². The smallest absolute Gasteiger partial charge is 0.224 e. The summed E-state index contributed by atoms with van der Waals surface area (Å²) in [6.45, 7) is 4.17. The zero-order valence-electron chi connectivity index (χ0n) is 11.8. The fourth-order valence-corrected chi connectivity index (χ4v) is 2.28. The van der Waals surface area contributed by atoms with Gasteiger partial charge in [0, 0.05) is 5.56 Å². The third-order valence-electron chi connectivity index (χ3n) is 3.58. The van der Waals surface area contributed by atoms with E-state index in [1.165, 1.54) is 11.1 Å². The maximum atomic E-state index is 5.43. The summed E-state index contributed by atoms with van der Waals surface area (Å²) in [7, 11) is 1.64. The van der Waals surface area contributed by atoms with Crippen LogP contribution in [0.15, 0.2) is 42.5 Å². The zero-order valence-corrected chi connectivity index (χ0v) is 11.8. The molecule has 0 saturated carbocycles. The van der Waals surface area contributed by atoms with Gasteiger partial charge in [0.05, 0.1) is 18.0 Å². The van der Waals surface area contributed by atoms with Gasteiger partial charge in [-0.2, -0.15) is 4.98 Å². The molecule has 0 aliphatic heterocycles. The standard InChI is InChI=1S/C17H16N2O/c1-11-9-10-14-15(12(11)2)18-16(19-17(14)20-3)13-7-5-4-6-8-13/h4-10H,1-3H3. The summed E-state index contributed by atoms with van der Waals surface area (Å²) in [5.74, 6) is 1.32. The number of aryl methyl sites for hydroxylation is 2. The Morgan fingerprint density at radius 3 is 2.35 bits per heavy atom. The Kier molecular flexibility index (Phi) is 3.11. The van der Waals surface area contributed by atoms with Crippen molar-refractivity contribution >= 4 is 10.9 Å². The van der Waals surface area contributed by atoms with Gasteiger partial charge in [-0.1, -0.05) is 36.4 Å². The van der Waals surface area contributed by atoms with Gasteiger partial charge in [-0.3, -0.25) is 0 Å². The highest BCUT2D eigenvalue weighted by atomic mass is 16.5. The van der Waals surface area contributed by atoms with Crippen LogP contribution < -0.4 is 4.74 Å². The summed E-state index contributed by atoms with van der Waals surface area (Å²) in [5, 5.41) is 0.954. The summed E-state index contributed by atoms with van der Waals surface area (Å²) in [4.78, 5) is 9.25. The Morgan fingerprint density at radius 2 is 1.65 bits per heavy atom. The minimum Gasteiger partial charge on any atom is -0.480 e. The van der Waals surface area contributed by atoms with Crippen molar-refractivity contribution < 1.29 is 4.74 Å². The molecule has 1 heterocycles. The monoisotopic (exact) mass is 264 g/mol. The molecular formula is C17H16N2O. The van der Waals surface area contributed by atoms with E-state index in [1.54, 1.807) is 7.11 Å². The average Bonchev–Trinajstić information content (AvgIpc) is 2.51. The van der Waals surface area contributed by atoms with Crippen LogP contribution in [-0.4, -0.2) is 17.1 Å². The van der Waals surface area contributed by atoms with E-state index in [9.17, 15) is 0 Å². The Morgan fingerprint density at radius 1 is 0.900 bits per heavy atom. The van der Waals surface area contributed by atoms with Gasteiger partial charge in [-0.15, -0.1) is 0 Å². The number of benzene rings is 2. The van der Waals surface area contributed by atoms with Crippen LogP contribution in [0.2, 0.25) is 0 Å². The van der Waals surface area contributed by atoms with Crippen molar-refractivity contribution in [2.45, 2.75) is 13.8 Å². The Labute approximate surface area is 118 Å². The SMILES string of the molecule is COc1nc(-c2ccccc2)nc2c(C)c(C)ccc12. The highest BCUT2D eigenvalue weighted by molar-refractivity contribution is 5.88. The lowest BCUT2D eigenvalue weighted by atomic mass is 10.1. The van der Waals surface area contributed by atoms with E-state index in [-0.39, 0.29) is 0 Å². The van der Waals surface area contributed by atoms with Gasteiger partial charge in [-0.05, 0) is 31.0 Å². The molecule has 0 aliphatic rings. The first-order valence-electron chi connectivity index (χ1n) is 6.58. The van der Waals surface area contributed by atoms with Crippen LogP contribution >= 0.6 is 0 Å². The first-order valence-corrected chi connectivity index (χ1v) is 6.58. The topological polar surface area (TPSA) is 35.0 Å². The molecule has 0 radical (unpaired) electrons. The molecule has 0 spiro atoms. The predicted molar refractivity (Wildman–Crippen MR) is 81.0 cm³/mol. The molecule has 1 aromatic heterocycles. The highest BCUT2D eigenvalue weighted by Crippen LogP contribution is 2.29. The third kappa shape index (κ3) is 2.01. The Balaban J connectivity index is 2.33. The van der Waals surface area contributed by atoms with E-state index in [1.807, 2.05) is 36.4 Å². The number of ether oxygens (including phenoxy) is 1. The quantitative estimate of drug-likeness (QED) is 0.703. The number of methoxy groups -OCH3 is 1. The molecular weight excluding hydrogens is 248 g/mol. The molecule has 0 fully saturated rings. The van der Waals surface area contributed by atoms with Crippen molar-refractivity contribution in [1.29, 1.82) is 0 Å². The minimum absolute atomic E-state index is 0.622. The van der Waals surface area contributed by atoms with Crippen LogP contribution in [0.5, 0.6) is 5.88 Å². The van der Waals surface area contributed by atoms with Gasteiger partial charge in [0.25, 0.3) is 0 Å². The molecule has 0 unspecified atom stereocenters. The number of rotatable bonds is 2. The van der Waals surface area contributed by atoms with Gasteiger partial charge in [0.1, 0.15) is 0 Å². The summed E-state index contributed by atoms with van der Waals surface area (Å²) in [6, 6.07) is 14.1. The number of hydrogen-bond acceptors (Lipinski definition) is 3. The number of fused-ring (bicyclic) bond motifs is 1. The molecule has 2 aromatic carbocycles. The van der Waals surface area contributed by atoms with E-state index in [0.29, 0.717) is 11.7 Å². The lowest BCUT2D eigenvalue weighted by Gasteiger charge is -2.10. The molecule has 0 bridgehead atoms. The average molecular weight is 264 g/mol. The fourth-order valence-electron chi connectivity index (χ4n) is 2.28. The maximum absolute atomic E-state index is 5.43. The van der Waals surface area contributed by atoms with Gasteiger partial charge in [0.15, 0.2) is 5.82 Å². The van der Waals surface area contributed by atoms with Crippen LogP contribution in [0.3, 0.4) is 0 Å². The van der Waals surface area contributed by atoms with Crippen molar-refractivity contribution in [2.75, 3.05) is 7.11 Å². The van der Waals surface area contributed by atoms with Crippen molar-refractivity contribution in [2.24, 2.45) is 0 Å². The van der Waals surface area contributed by atoms with Crippen molar-refractivity contribution in [3.05, 3.63) is 53.6 Å². The molecule has 0 saturated heterocycles. The normalized spacial score (nSPS) is 10.8. The molecule has 0 amide bonds. The van der Waals surface area contributed by atoms with Crippen LogP contribution in [0.4, 0.5) is 0 Å². The van der Waals surface area contributed by atoms with E-state index < -0.39 is 0 Å². The van der Waals surface area contributed by atoms with Crippen LogP contribution in [0, 0.1) is 13.8 Å². The molecule has 3 aromatic rings. The van der Waals surface area contributed by atoms with Crippen LogP contribution in [0.1, 0.15) is 11.1 Å². The second kappa shape index (κ2) is 4.93. The van der Waals surface area contributed by atoms with Crippen molar-refractivity contribution in [3.63, 3.8) is 0 Å². The van der Waals surface area contributed by atoms with Gasteiger partial charge >= 0.3 is 0 Å². The van der Waals surface area contributed by atoms with E-state index in [4.69, 9.17) is 9.72 Å². The lowest BCUT2D eigenvalue weighted by Crippen LogP contribution is -1.98. The fraction of sp³-hybridized carbons (Fsp3) is 0.176. The largest absolute Gasteiger partial charge is 0.480 e. The number of aromatic nitrogens is 2. The van der Waals surface area contributed by atoms with Gasteiger partial charge < -0.3 is 4.74 Å². The molecule has 20 heavy (non-hydrogen) atoms. The van der Waals surface area contributed by atoms with Crippen molar-refractivity contribution in [1.82, 2.24) is 9.97 Å². The predicted octanol–water partition coefficient (Wildman–Crippen LogP) is 3.92. The molecule has 0 N–H and O–H groups in total. The van der Waals surface area contributed by atoms with Gasteiger partial charge in [0.2, 0.25) is 5.88 Å². The van der Waals surface area contributed by atoms with Gasteiger partial charge in [-0.25, -0.2) is 4.98 Å². The zero-order chi connectivity index (χ0) is 14.1. The third-order valence-corrected chi connectivity index (χ3v) is 3.58. The molecule has 100 valence electrons. The summed E-state index contributed by atoms with van der Waals surface area (Å²) < 4.78 is 5.43. The van der Waals surface area contributed by atoms with Crippen molar-refractivity contribution in [3.8, 4) is 17.3 Å². The minimum atomic E-state index is 0.622. The first-order chi connectivity index (χ1) is 9.70. The van der Waals surface area contributed by atoms with E-state index >= 15 is 0 Å². The Hall–Kier alpha value is -2.42. The molecule has 3 nitrogen and oxygen atoms in total.